The van der Waals surface area contributed by atoms with Gasteiger partial charge < -0.3 is 4.74 Å². The van der Waals surface area contributed by atoms with Crippen LogP contribution in [0.25, 0.3) is 129 Å². The highest BCUT2D eigenvalue weighted by molar-refractivity contribution is 6.61. The lowest BCUT2D eigenvalue weighted by Crippen LogP contribution is -2.04. The standard InChI is InChI=1S/C47H28O/c1-4-20-48-47-21(2)33-31-18-8-16-29-27-14-6-12-25-23-10-5-11-24-26-13-7-15-28-30-17-9-19-32-34(22(47)3)40(33)46-44(38(29)31)42(36(25)27)41(35(23)24)43(37(26)28)45(46)39(30)32/h5-19H,4,20H2,1-3H3. The first-order valence-corrected chi connectivity index (χ1v) is 17.4. The Kier molecular flexibility index (Phi) is 3.94. The fraction of sp³-hybridized carbons (Fsp3) is 0.106. The van der Waals surface area contributed by atoms with Gasteiger partial charge in [-0.2, -0.15) is 0 Å². The summed E-state index contributed by atoms with van der Waals surface area (Å²) in [5.41, 5.74) is 2.53. The lowest BCUT2D eigenvalue weighted by Gasteiger charge is -2.30. The lowest BCUT2D eigenvalue weighted by atomic mass is 9.72. The van der Waals surface area contributed by atoms with Gasteiger partial charge in [-0.25, -0.2) is 0 Å². The molecular formula is C47H28O. The van der Waals surface area contributed by atoms with Gasteiger partial charge in [0.1, 0.15) is 5.75 Å². The van der Waals surface area contributed by atoms with E-state index in [2.05, 4.69) is 112 Å². The van der Waals surface area contributed by atoms with E-state index in [9.17, 15) is 0 Å². The topological polar surface area (TPSA) is 9.23 Å². The Morgan fingerprint density at radius 2 is 0.583 bits per heavy atom. The summed E-state index contributed by atoms with van der Waals surface area (Å²) in [6, 6.07) is 35.2. The second-order valence-electron chi connectivity index (χ2n) is 14.4. The Hall–Kier alpha value is -5.66. The average molecular weight is 609 g/mol. The van der Waals surface area contributed by atoms with E-state index in [1.165, 1.54) is 140 Å². The van der Waals surface area contributed by atoms with Gasteiger partial charge in [0.05, 0.1) is 6.61 Å². The average Bonchev–Trinajstić information content (AvgIpc) is 3.13. The quantitative estimate of drug-likeness (QED) is 0.143. The molecule has 222 valence electrons. The molecule has 1 heteroatoms. The van der Waals surface area contributed by atoms with Crippen LogP contribution < -0.4 is 4.74 Å². The first-order chi connectivity index (χ1) is 23.7. The van der Waals surface area contributed by atoms with Gasteiger partial charge in [0.15, 0.2) is 0 Å². The molecule has 0 aliphatic heterocycles. The van der Waals surface area contributed by atoms with Crippen LogP contribution in [0.5, 0.6) is 5.75 Å². The van der Waals surface area contributed by atoms with Crippen LogP contribution in [-0.2, 0) is 0 Å². The molecule has 13 rings (SSSR count). The smallest absolute Gasteiger partial charge is 0.126 e. The maximum atomic E-state index is 6.70. The summed E-state index contributed by atoms with van der Waals surface area (Å²) < 4.78 is 6.70. The van der Waals surface area contributed by atoms with Gasteiger partial charge >= 0.3 is 0 Å². The highest BCUT2D eigenvalue weighted by Crippen LogP contribution is 2.61. The summed E-state index contributed by atoms with van der Waals surface area (Å²) in [7, 11) is 0. The van der Waals surface area contributed by atoms with E-state index in [-0.39, 0.29) is 0 Å². The summed E-state index contributed by atoms with van der Waals surface area (Å²) >= 11 is 0. The van der Waals surface area contributed by atoms with Crippen LogP contribution in [0, 0.1) is 13.8 Å². The summed E-state index contributed by atoms with van der Waals surface area (Å²) in [4.78, 5) is 0. The van der Waals surface area contributed by atoms with Crippen LogP contribution in [0.2, 0.25) is 0 Å². The van der Waals surface area contributed by atoms with Gasteiger partial charge in [0.2, 0.25) is 0 Å². The van der Waals surface area contributed by atoms with E-state index in [1.54, 1.807) is 0 Å². The predicted octanol–water partition coefficient (Wildman–Crippen LogP) is 13.6. The van der Waals surface area contributed by atoms with Crippen molar-refractivity contribution in [2.75, 3.05) is 6.61 Å². The third-order valence-corrected chi connectivity index (χ3v) is 12.4. The zero-order valence-electron chi connectivity index (χ0n) is 27.0. The number of hydrogen-bond acceptors (Lipinski definition) is 1. The van der Waals surface area contributed by atoms with Gasteiger partial charge in [-0.05, 0) is 161 Å². The third kappa shape index (κ3) is 2.31. The van der Waals surface area contributed by atoms with Crippen LogP contribution in [0.4, 0.5) is 0 Å². The molecule has 0 aliphatic carbocycles. The van der Waals surface area contributed by atoms with Gasteiger partial charge in [-0.15, -0.1) is 0 Å². The molecule has 13 aromatic carbocycles. The van der Waals surface area contributed by atoms with Crippen molar-refractivity contribution >= 4 is 129 Å². The summed E-state index contributed by atoms with van der Waals surface area (Å²) in [5, 5.41) is 33.5. The van der Waals surface area contributed by atoms with E-state index in [1.807, 2.05) is 0 Å². The largest absolute Gasteiger partial charge is 0.493 e. The molecule has 0 saturated carbocycles. The van der Waals surface area contributed by atoms with Crippen molar-refractivity contribution in [3.8, 4) is 5.75 Å². The van der Waals surface area contributed by atoms with Crippen molar-refractivity contribution < 1.29 is 4.74 Å². The summed E-state index contributed by atoms with van der Waals surface area (Å²) in [5.74, 6) is 1.06. The minimum atomic E-state index is 0.716. The Bertz CT molecular complexity index is 3270. The molecule has 0 N–H and O–H groups in total. The summed E-state index contributed by atoms with van der Waals surface area (Å²) in [6.45, 7) is 7.53. The number of ether oxygens (including phenoxy) is 1. The van der Waals surface area contributed by atoms with Gasteiger partial charge in [-0.3, -0.25) is 0 Å². The van der Waals surface area contributed by atoms with Gasteiger partial charge in [-0.1, -0.05) is 97.9 Å². The number of rotatable bonds is 3. The first-order valence-electron chi connectivity index (χ1n) is 17.4. The maximum absolute atomic E-state index is 6.70. The number of fused-ring (bicyclic) bond motifs is 6. The molecule has 48 heavy (non-hydrogen) atoms. The molecule has 0 atom stereocenters. The molecule has 0 fully saturated rings. The highest BCUT2D eigenvalue weighted by atomic mass is 16.5. The molecule has 0 unspecified atom stereocenters. The normalized spacial score (nSPS) is 13.5. The number of benzene rings is 13. The zero-order valence-corrected chi connectivity index (χ0v) is 27.0. The van der Waals surface area contributed by atoms with Crippen molar-refractivity contribution in [3.63, 3.8) is 0 Å². The van der Waals surface area contributed by atoms with Gasteiger partial charge in [0, 0.05) is 0 Å². The lowest BCUT2D eigenvalue weighted by molar-refractivity contribution is 0.314. The van der Waals surface area contributed by atoms with Gasteiger partial charge in [0.25, 0.3) is 0 Å². The van der Waals surface area contributed by atoms with Crippen LogP contribution in [0.1, 0.15) is 24.5 Å². The molecule has 0 spiro atoms. The van der Waals surface area contributed by atoms with Crippen LogP contribution in [-0.4, -0.2) is 6.61 Å². The number of hydrogen-bond donors (Lipinski definition) is 0. The van der Waals surface area contributed by atoms with Crippen LogP contribution in [0.15, 0.2) is 91.0 Å². The SMILES string of the molecule is CCCOc1c(C)c2c3cccc4c5cccc6c7cccc8c9cccc%10c%11cccc%12c(c1C)c2c1c(c43)c(c65)c(c78)c(c9%10)c1c%11%12. The Labute approximate surface area is 274 Å². The first kappa shape index (κ1) is 24.5. The van der Waals surface area contributed by atoms with E-state index in [0.717, 1.165) is 12.2 Å². The van der Waals surface area contributed by atoms with E-state index in [4.69, 9.17) is 4.74 Å². The minimum absolute atomic E-state index is 0.716. The minimum Gasteiger partial charge on any atom is -0.493 e. The predicted molar refractivity (Wildman–Crippen MR) is 209 cm³/mol. The number of aryl methyl sites for hydroxylation is 2. The van der Waals surface area contributed by atoms with Crippen molar-refractivity contribution in [1.29, 1.82) is 0 Å². The molecule has 0 amide bonds. The molecule has 13 aromatic rings. The fourth-order valence-electron chi connectivity index (χ4n) is 10.9. The molecule has 0 radical (unpaired) electrons. The molecule has 0 saturated heterocycles. The Balaban J connectivity index is 1.56. The van der Waals surface area contributed by atoms with Crippen molar-refractivity contribution in [3.05, 3.63) is 102 Å². The zero-order chi connectivity index (χ0) is 31.3. The van der Waals surface area contributed by atoms with Crippen molar-refractivity contribution in [1.82, 2.24) is 0 Å². The van der Waals surface area contributed by atoms with E-state index < -0.39 is 0 Å². The molecule has 0 aliphatic rings. The van der Waals surface area contributed by atoms with E-state index >= 15 is 0 Å². The molecular weight excluding hydrogens is 581 g/mol. The third-order valence-electron chi connectivity index (χ3n) is 12.4. The maximum Gasteiger partial charge on any atom is 0.126 e. The Morgan fingerprint density at radius 3 is 0.896 bits per heavy atom. The fourth-order valence-corrected chi connectivity index (χ4v) is 10.9. The van der Waals surface area contributed by atoms with E-state index in [0.29, 0.717) is 6.61 Å². The van der Waals surface area contributed by atoms with Crippen molar-refractivity contribution in [2.24, 2.45) is 0 Å². The monoisotopic (exact) mass is 608 g/mol. The highest BCUT2D eigenvalue weighted by Gasteiger charge is 2.32. The Morgan fingerprint density at radius 1 is 0.333 bits per heavy atom. The molecule has 0 aromatic heterocycles. The van der Waals surface area contributed by atoms with Crippen molar-refractivity contribution in [2.45, 2.75) is 27.2 Å². The van der Waals surface area contributed by atoms with Crippen LogP contribution in [0.3, 0.4) is 0 Å². The van der Waals surface area contributed by atoms with Crippen LogP contribution >= 0.6 is 0 Å². The molecule has 0 heterocycles. The second-order valence-corrected chi connectivity index (χ2v) is 14.4. The second kappa shape index (κ2) is 7.72. The summed E-state index contributed by atoms with van der Waals surface area (Å²) in [6.07, 6.45) is 0.983. The molecule has 1 nitrogen and oxygen atoms in total. The molecule has 0 bridgehead atoms.